The van der Waals surface area contributed by atoms with E-state index in [1.54, 1.807) is 19.1 Å². The molecule has 3 aromatic heterocycles. The van der Waals surface area contributed by atoms with Crippen LogP contribution in [0.3, 0.4) is 0 Å². The average Bonchev–Trinajstić information content (AvgIpc) is 3.64. The van der Waals surface area contributed by atoms with Gasteiger partial charge >= 0.3 is 5.97 Å². The zero-order valence-electron chi connectivity index (χ0n) is 24.4. The lowest BCUT2D eigenvalue weighted by molar-refractivity contribution is -0.144. The molecule has 1 aliphatic rings. The number of anilines is 1. The summed E-state index contributed by atoms with van der Waals surface area (Å²) in [6.07, 6.45) is 2.70. The number of thiazole rings is 1. The van der Waals surface area contributed by atoms with Crippen LogP contribution in [0.15, 0.2) is 60.1 Å². The fourth-order valence-corrected chi connectivity index (χ4v) is 6.52. The Morgan fingerprint density at radius 1 is 0.953 bits per heavy atom. The summed E-state index contributed by atoms with van der Waals surface area (Å²) in [7, 11) is 0. The van der Waals surface area contributed by atoms with Crippen LogP contribution >= 0.6 is 11.3 Å². The van der Waals surface area contributed by atoms with Crippen molar-refractivity contribution >= 4 is 28.6 Å². The lowest BCUT2D eigenvalue weighted by Gasteiger charge is -2.35. The van der Waals surface area contributed by atoms with Crippen LogP contribution in [0.5, 0.6) is 0 Å². The number of piperazine rings is 1. The van der Waals surface area contributed by atoms with Crippen LogP contribution in [0.25, 0.3) is 38.7 Å². The summed E-state index contributed by atoms with van der Waals surface area (Å²) in [5, 5.41) is 2.62. The number of ether oxygens (including phenoxy) is 1. The number of aromatic nitrogens is 3. The number of benzene rings is 2. The SMILES string of the molecule is CCOC(=O)CN1CCN(c2ccc3nc(CC)c(-c4ccc(-c5nc(-c6ccc(F)cc6)cs5)c(C)c4F)n3c2)CC1. The molecule has 1 saturated heterocycles. The number of imidazole rings is 1. The monoisotopic (exact) mass is 601 g/mol. The van der Waals surface area contributed by atoms with Crippen LogP contribution in [0, 0.1) is 18.6 Å². The van der Waals surface area contributed by atoms with Crippen molar-refractivity contribution in [3.8, 4) is 33.1 Å². The van der Waals surface area contributed by atoms with E-state index in [0.29, 0.717) is 35.7 Å². The number of nitrogens with zero attached hydrogens (tertiary/aromatic N) is 5. The first-order valence-electron chi connectivity index (χ1n) is 14.5. The molecule has 0 atom stereocenters. The molecule has 0 aliphatic carbocycles. The van der Waals surface area contributed by atoms with Gasteiger partial charge in [0.1, 0.15) is 22.3 Å². The van der Waals surface area contributed by atoms with Gasteiger partial charge in [-0.15, -0.1) is 11.3 Å². The number of rotatable bonds is 8. The van der Waals surface area contributed by atoms with Crippen LogP contribution in [-0.2, 0) is 16.0 Å². The van der Waals surface area contributed by atoms with Crippen molar-refractivity contribution in [2.24, 2.45) is 0 Å². The third kappa shape index (κ3) is 5.77. The first kappa shape index (κ1) is 28.9. The highest BCUT2D eigenvalue weighted by Gasteiger charge is 2.23. The predicted molar refractivity (Wildman–Crippen MR) is 166 cm³/mol. The van der Waals surface area contributed by atoms with Crippen LogP contribution in [0.1, 0.15) is 25.1 Å². The molecule has 10 heteroatoms. The Morgan fingerprint density at radius 2 is 1.70 bits per heavy atom. The van der Waals surface area contributed by atoms with Gasteiger partial charge in [0.15, 0.2) is 0 Å². The van der Waals surface area contributed by atoms with Gasteiger partial charge in [0.25, 0.3) is 0 Å². The number of pyridine rings is 1. The van der Waals surface area contributed by atoms with Crippen molar-refractivity contribution in [2.75, 3.05) is 44.2 Å². The quantitative estimate of drug-likeness (QED) is 0.186. The fraction of sp³-hybridized carbons (Fsp3) is 0.303. The molecule has 0 N–H and O–H groups in total. The van der Waals surface area contributed by atoms with Crippen molar-refractivity contribution in [3.63, 3.8) is 0 Å². The maximum Gasteiger partial charge on any atom is 0.320 e. The second kappa shape index (κ2) is 12.2. The molecule has 7 nitrogen and oxygen atoms in total. The lowest BCUT2D eigenvalue weighted by Crippen LogP contribution is -2.48. The van der Waals surface area contributed by atoms with E-state index in [2.05, 4.69) is 15.9 Å². The second-order valence-corrected chi connectivity index (χ2v) is 11.4. The molecule has 0 radical (unpaired) electrons. The molecule has 5 aromatic rings. The molecule has 0 unspecified atom stereocenters. The van der Waals surface area contributed by atoms with E-state index in [1.165, 1.54) is 23.5 Å². The maximum absolute atomic E-state index is 16.2. The first-order valence-corrected chi connectivity index (χ1v) is 15.4. The van der Waals surface area contributed by atoms with Crippen LogP contribution in [-0.4, -0.2) is 64.6 Å². The number of aryl methyl sites for hydroxylation is 1. The van der Waals surface area contributed by atoms with E-state index in [4.69, 9.17) is 14.7 Å². The number of esters is 1. The number of carbonyl (C=O) groups is 1. The average molecular weight is 602 g/mol. The molecule has 2 aromatic carbocycles. The summed E-state index contributed by atoms with van der Waals surface area (Å²) in [6.45, 7) is 9.36. The molecule has 222 valence electrons. The van der Waals surface area contributed by atoms with Crippen LogP contribution in [0.2, 0.25) is 0 Å². The van der Waals surface area contributed by atoms with Crippen molar-refractivity contribution in [1.82, 2.24) is 19.3 Å². The Bertz CT molecular complexity index is 1770. The Morgan fingerprint density at radius 3 is 2.42 bits per heavy atom. The molecule has 1 fully saturated rings. The first-order chi connectivity index (χ1) is 20.9. The largest absolute Gasteiger partial charge is 0.465 e. The Balaban J connectivity index is 1.29. The third-order valence-corrected chi connectivity index (χ3v) is 8.80. The molecular weight excluding hydrogens is 568 g/mol. The number of halogens is 2. The van der Waals surface area contributed by atoms with E-state index in [9.17, 15) is 9.18 Å². The molecule has 0 saturated carbocycles. The van der Waals surface area contributed by atoms with E-state index in [1.807, 2.05) is 48.0 Å². The topological polar surface area (TPSA) is 63.0 Å². The van der Waals surface area contributed by atoms with Crippen LogP contribution in [0.4, 0.5) is 14.5 Å². The smallest absolute Gasteiger partial charge is 0.320 e. The number of hydrogen-bond acceptors (Lipinski definition) is 7. The molecule has 0 bridgehead atoms. The predicted octanol–water partition coefficient (Wildman–Crippen LogP) is 6.63. The standard InChI is InChI=1S/C33H33F2N5O2S/c1-4-27-32(40-18-24(10-13-29(40)36-27)39-16-14-38(15-17-39)19-30(41)42-5-2)26-12-11-25(21(3)31(26)35)33-37-28(20-43-33)22-6-8-23(34)9-7-22/h6-13,18,20H,4-5,14-17,19H2,1-3H3. The highest BCUT2D eigenvalue weighted by Crippen LogP contribution is 2.37. The van der Waals surface area contributed by atoms with Crippen molar-refractivity contribution < 1.29 is 18.3 Å². The van der Waals surface area contributed by atoms with Gasteiger partial charge in [-0.25, -0.2) is 18.7 Å². The summed E-state index contributed by atoms with van der Waals surface area (Å²) in [5.41, 5.74) is 6.65. The van der Waals surface area contributed by atoms with Crippen molar-refractivity contribution in [1.29, 1.82) is 0 Å². The van der Waals surface area contributed by atoms with Gasteiger partial charge in [0, 0.05) is 54.4 Å². The van der Waals surface area contributed by atoms with E-state index >= 15 is 4.39 Å². The van der Waals surface area contributed by atoms with Crippen LogP contribution < -0.4 is 4.90 Å². The normalized spacial score (nSPS) is 14.0. The van der Waals surface area contributed by atoms with Gasteiger partial charge in [-0.1, -0.05) is 13.0 Å². The van der Waals surface area contributed by atoms with Crippen molar-refractivity contribution in [2.45, 2.75) is 27.2 Å². The fourth-order valence-electron chi connectivity index (χ4n) is 5.60. The zero-order valence-corrected chi connectivity index (χ0v) is 25.3. The molecule has 1 aliphatic heterocycles. The second-order valence-electron chi connectivity index (χ2n) is 10.6. The summed E-state index contributed by atoms with van der Waals surface area (Å²) >= 11 is 1.44. The van der Waals surface area contributed by atoms with Crippen molar-refractivity contribution in [3.05, 3.63) is 83.0 Å². The van der Waals surface area contributed by atoms with Gasteiger partial charge in [-0.3, -0.25) is 14.1 Å². The summed E-state index contributed by atoms with van der Waals surface area (Å²) in [4.78, 5) is 25.9. The Kier molecular flexibility index (Phi) is 8.23. The summed E-state index contributed by atoms with van der Waals surface area (Å²) < 4.78 is 36.7. The Hall–Kier alpha value is -4.15. The molecule has 6 rings (SSSR count). The molecule has 43 heavy (non-hydrogen) atoms. The number of carbonyl (C=O) groups excluding carboxylic acids is 1. The van der Waals surface area contributed by atoms with Gasteiger partial charge in [0.05, 0.1) is 35.9 Å². The number of hydrogen-bond donors (Lipinski definition) is 0. The summed E-state index contributed by atoms with van der Waals surface area (Å²) in [6, 6.07) is 14.0. The Labute approximate surface area is 253 Å². The third-order valence-electron chi connectivity index (χ3n) is 7.92. The molecular formula is C33H33F2N5O2S. The minimum absolute atomic E-state index is 0.195. The summed E-state index contributed by atoms with van der Waals surface area (Å²) in [5.74, 6) is -0.795. The minimum atomic E-state index is -0.300. The van der Waals surface area contributed by atoms with E-state index in [-0.39, 0.29) is 17.6 Å². The van der Waals surface area contributed by atoms with Gasteiger partial charge in [-0.2, -0.15) is 0 Å². The van der Waals surface area contributed by atoms with Gasteiger partial charge < -0.3 is 9.64 Å². The lowest BCUT2D eigenvalue weighted by atomic mass is 10.0. The molecule has 4 heterocycles. The highest BCUT2D eigenvalue weighted by molar-refractivity contribution is 7.13. The number of fused-ring (bicyclic) bond motifs is 1. The minimum Gasteiger partial charge on any atom is -0.465 e. The van der Waals surface area contributed by atoms with Gasteiger partial charge in [0.2, 0.25) is 0 Å². The zero-order chi connectivity index (χ0) is 30.1. The molecule has 0 amide bonds. The van der Waals surface area contributed by atoms with Gasteiger partial charge in [-0.05, 0) is 68.3 Å². The van der Waals surface area contributed by atoms with E-state index in [0.717, 1.165) is 65.7 Å². The highest BCUT2D eigenvalue weighted by atomic mass is 32.1. The van der Waals surface area contributed by atoms with E-state index < -0.39 is 0 Å². The maximum atomic E-state index is 16.2. The molecule has 0 spiro atoms.